The zero-order chi connectivity index (χ0) is 14.7. The third-order valence-electron chi connectivity index (χ3n) is 4.28. The maximum absolute atomic E-state index is 4.33. The van der Waals surface area contributed by atoms with Crippen LogP contribution in [-0.2, 0) is 13.0 Å². The molecule has 0 radical (unpaired) electrons. The molecule has 2 aromatic heterocycles. The Hall–Kier alpha value is -1.13. The summed E-state index contributed by atoms with van der Waals surface area (Å²) in [5, 5.41) is 3.72. The van der Waals surface area contributed by atoms with Crippen molar-refractivity contribution in [3.63, 3.8) is 0 Å². The Labute approximate surface area is 131 Å². The average molecular weight is 303 g/mol. The molecule has 1 fully saturated rings. The van der Waals surface area contributed by atoms with Gasteiger partial charge in [-0.15, -0.1) is 11.3 Å². The molecule has 1 N–H and O–H groups in total. The van der Waals surface area contributed by atoms with Gasteiger partial charge in [0.25, 0.3) is 0 Å². The van der Waals surface area contributed by atoms with Gasteiger partial charge in [0.05, 0.1) is 11.2 Å². The molecule has 3 nitrogen and oxygen atoms in total. The summed E-state index contributed by atoms with van der Waals surface area (Å²) in [5.41, 5.74) is 4.60. The van der Waals surface area contributed by atoms with Gasteiger partial charge in [-0.2, -0.15) is 0 Å². The van der Waals surface area contributed by atoms with Gasteiger partial charge in [0.15, 0.2) is 0 Å². The third kappa shape index (κ3) is 3.74. The minimum Gasteiger partial charge on any atom is -0.354 e. The summed E-state index contributed by atoms with van der Waals surface area (Å²) >= 11 is 1.77. The Morgan fingerprint density at radius 1 is 1.48 bits per heavy atom. The molecule has 0 amide bonds. The summed E-state index contributed by atoms with van der Waals surface area (Å²) < 4.78 is 2.33. The number of thiazole rings is 1. The number of nitrogens with one attached hydrogen (secondary N) is 1. The molecule has 1 saturated carbocycles. The molecule has 1 aliphatic rings. The van der Waals surface area contributed by atoms with E-state index >= 15 is 0 Å². The van der Waals surface area contributed by atoms with Crippen molar-refractivity contribution < 1.29 is 0 Å². The Morgan fingerprint density at radius 2 is 2.33 bits per heavy atom. The first-order chi connectivity index (χ1) is 10.3. The van der Waals surface area contributed by atoms with Crippen molar-refractivity contribution >= 4 is 11.3 Å². The number of hydrogen-bond donors (Lipinski definition) is 1. The number of rotatable bonds is 8. The fraction of sp³-hybridized carbons (Fsp3) is 0.588. The van der Waals surface area contributed by atoms with E-state index in [9.17, 15) is 0 Å². The predicted molar refractivity (Wildman–Crippen MR) is 88.7 cm³/mol. The lowest BCUT2D eigenvalue weighted by atomic mass is 10.1. The van der Waals surface area contributed by atoms with Gasteiger partial charge in [-0.05, 0) is 50.3 Å². The van der Waals surface area contributed by atoms with E-state index in [0.29, 0.717) is 6.04 Å². The van der Waals surface area contributed by atoms with Crippen LogP contribution in [0.3, 0.4) is 0 Å². The maximum Gasteiger partial charge on any atom is 0.0797 e. The van der Waals surface area contributed by atoms with Crippen molar-refractivity contribution in [1.82, 2.24) is 14.9 Å². The summed E-state index contributed by atoms with van der Waals surface area (Å²) in [6.07, 6.45) is 9.62. The molecule has 2 aromatic rings. The van der Waals surface area contributed by atoms with Gasteiger partial charge in [-0.1, -0.05) is 6.92 Å². The largest absolute Gasteiger partial charge is 0.354 e. The van der Waals surface area contributed by atoms with Crippen molar-refractivity contribution in [2.24, 2.45) is 5.92 Å². The standard InChI is InChI=1S/C17H25N3S/c1-3-8-18-17(14-4-5-14)15-6-9-20(11-15)10-7-16-13(2)19-12-21-16/h6,9,11-12,14,17-18H,3-5,7-8,10H2,1-2H3. The number of aromatic nitrogens is 2. The van der Waals surface area contributed by atoms with Crippen LogP contribution >= 0.6 is 11.3 Å². The van der Waals surface area contributed by atoms with Crippen LogP contribution < -0.4 is 5.32 Å². The highest BCUT2D eigenvalue weighted by Crippen LogP contribution is 2.41. The molecule has 0 saturated heterocycles. The van der Waals surface area contributed by atoms with E-state index in [2.05, 4.69) is 47.2 Å². The topological polar surface area (TPSA) is 29.9 Å². The Kier molecular flexibility index (Phi) is 4.76. The summed E-state index contributed by atoms with van der Waals surface area (Å²) in [6, 6.07) is 2.86. The second-order valence-corrected chi connectivity index (χ2v) is 7.00. The van der Waals surface area contributed by atoms with Gasteiger partial charge in [0.2, 0.25) is 0 Å². The van der Waals surface area contributed by atoms with Crippen molar-refractivity contribution in [3.05, 3.63) is 40.1 Å². The average Bonchev–Trinajstić information content (AvgIpc) is 3.07. The van der Waals surface area contributed by atoms with Gasteiger partial charge in [-0.3, -0.25) is 0 Å². The SMILES string of the molecule is CCCNC(c1ccn(CCc2scnc2C)c1)C1CC1. The molecule has 2 heterocycles. The van der Waals surface area contributed by atoms with Crippen LogP contribution in [0.15, 0.2) is 24.0 Å². The summed E-state index contributed by atoms with van der Waals surface area (Å²) in [6.45, 7) is 6.50. The van der Waals surface area contributed by atoms with Gasteiger partial charge in [-0.25, -0.2) is 4.98 Å². The minimum atomic E-state index is 0.566. The normalized spacial score (nSPS) is 16.3. The Bertz CT molecular complexity index is 568. The molecule has 1 unspecified atom stereocenters. The lowest BCUT2D eigenvalue weighted by Crippen LogP contribution is -2.23. The summed E-state index contributed by atoms with van der Waals surface area (Å²) in [5.74, 6) is 0.858. The van der Waals surface area contributed by atoms with E-state index < -0.39 is 0 Å². The molecule has 21 heavy (non-hydrogen) atoms. The number of hydrogen-bond acceptors (Lipinski definition) is 3. The quantitative estimate of drug-likeness (QED) is 0.800. The van der Waals surface area contributed by atoms with Crippen LogP contribution in [0.4, 0.5) is 0 Å². The molecular formula is C17H25N3S. The zero-order valence-electron chi connectivity index (χ0n) is 13.0. The number of aryl methyl sites for hydroxylation is 3. The highest BCUT2D eigenvalue weighted by molar-refractivity contribution is 7.09. The van der Waals surface area contributed by atoms with Crippen molar-refractivity contribution in [1.29, 1.82) is 0 Å². The fourth-order valence-corrected chi connectivity index (χ4v) is 3.64. The molecule has 3 rings (SSSR count). The molecule has 1 atom stereocenters. The highest BCUT2D eigenvalue weighted by atomic mass is 32.1. The molecule has 0 bridgehead atoms. The van der Waals surface area contributed by atoms with E-state index in [4.69, 9.17) is 0 Å². The van der Waals surface area contributed by atoms with Crippen molar-refractivity contribution in [2.45, 2.75) is 52.1 Å². The second-order valence-electron chi connectivity index (χ2n) is 6.06. The second kappa shape index (κ2) is 6.75. The van der Waals surface area contributed by atoms with Crippen molar-refractivity contribution in [2.75, 3.05) is 6.54 Å². The van der Waals surface area contributed by atoms with Crippen LogP contribution in [-0.4, -0.2) is 16.1 Å². The number of nitrogens with zero attached hydrogens (tertiary/aromatic N) is 2. The zero-order valence-corrected chi connectivity index (χ0v) is 13.8. The summed E-state index contributed by atoms with van der Waals surface area (Å²) in [7, 11) is 0. The Morgan fingerprint density at radius 3 is 3.00 bits per heavy atom. The van der Waals surface area contributed by atoms with Crippen LogP contribution in [0.5, 0.6) is 0 Å². The first-order valence-corrected chi connectivity index (χ1v) is 8.94. The van der Waals surface area contributed by atoms with Crippen LogP contribution in [0, 0.1) is 12.8 Å². The van der Waals surface area contributed by atoms with E-state index in [1.54, 1.807) is 11.3 Å². The smallest absolute Gasteiger partial charge is 0.0797 e. The lowest BCUT2D eigenvalue weighted by Gasteiger charge is -2.16. The first kappa shape index (κ1) is 14.8. The minimum absolute atomic E-state index is 0.566. The molecule has 0 aromatic carbocycles. The molecule has 4 heteroatoms. The molecule has 114 valence electrons. The monoisotopic (exact) mass is 303 g/mol. The molecule has 0 spiro atoms. The van der Waals surface area contributed by atoms with Gasteiger partial charge >= 0.3 is 0 Å². The molecular weight excluding hydrogens is 278 g/mol. The Balaban J connectivity index is 1.60. The fourth-order valence-electron chi connectivity index (χ4n) is 2.87. The van der Waals surface area contributed by atoms with Crippen molar-refractivity contribution in [3.8, 4) is 0 Å². The van der Waals surface area contributed by atoms with E-state index in [0.717, 1.165) is 25.4 Å². The maximum atomic E-state index is 4.33. The highest BCUT2D eigenvalue weighted by Gasteiger charge is 2.32. The van der Waals surface area contributed by atoms with Gasteiger partial charge < -0.3 is 9.88 Å². The lowest BCUT2D eigenvalue weighted by molar-refractivity contribution is 0.480. The van der Waals surface area contributed by atoms with Crippen LogP contribution in [0.25, 0.3) is 0 Å². The third-order valence-corrected chi connectivity index (χ3v) is 5.28. The molecule has 1 aliphatic carbocycles. The van der Waals surface area contributed by atoms with Crippen LogP contribution in [0.1, 0.15) is 48.4 Å². The van der Waals surface area contributed by atoms with Gasteiger partial charge in [0, 0.05) is 36.3 Å². The predicted octanol–water partition coefficient (Wildman–Crippen LogP) is 3.95. The first-order valence-electron chi connectivity index (χ1n) is 8.06. The molecule has 0 aliphatic heterocycles. The van der Waals surface area contributed by atoms with E-state index in [-0.39, 0.29) is 0 Å². The van der Waals surface area contributed by atoms with Crippen LogP contribution in [0.2, 0.25) is 0 Å². The van der Waals surface area contributed by atoms with Gasteiger partial charge in [0.1, 0.15) is 0 Å². The summed E-state index contributed by atoms with van der Waals surface area (Å²) in [4.78, 5) is 5.74. The van der Waals surface area contributed by atoms with E-state index in [1.165, 1.54) is 35.4 Å². The van der Waals surface area contributed by atoms with E-state index in [1.807, 2.05) is 5.51 Å².